The Morgan fingerprint density at radius 3 is 3.07 bits per heavy atom. The van der Waals surface area contributed by atoms with E-state index in [0.29, 0.717) is 5.75 Å². The Morgan fingerprint density at radius 1 is 1.53 bits per heavy atom. The van der Waals surface area contributed by atoms with Crippen molar-refractivity contribution in [1.82, 2.24) is 0 Å². The van der Waals surface area contributed by atoms with Crippen LogP contribution in [0.15, 0.2) is 23.1 Å². The summed E-state index contributed by atoms with van der Waals surface area (Å²) in [6, 6.07) is 6.27. The van der Waals surface area contributed by atoms with Crippen LogP contribution in [0, 0.1) is 0 Å². The topological polar surface area (TPSA) is 20.3 Å². The van der Waals surface area contributed by atoms with Gasteiger partial charge in [0.2, 0.25) is 5.91 Å². The molecule has 0 aliphatic carbocycles. The lowest BCUT2D eigenvalue weighted by Crippen LogP contribution is -2.31. The van der Waals surface area contributed by atoms with Crippen molar-refractivity contribution in [2.45, 2.75) is 11.3 Å². The van der Waals surface area contributed by atoms with Crippen molar-refractivity contribution in [2.75, 3.05) is 23.5 Å². The van der Waals surface area contributed by atoms with Crippen molar-refractivity contribution < 1.29 is 4.79 Å². The van der Waals surface area contributed by atoms with E-state index >= 15 is 0 Å². The van der Waals surface area contributed by atoms with Crippen LogP contribution >= 0.6 is 24.4 Å². The molecule has 1 amide bonds. The van der Waals surface area contributed by atoms with Crippen LogP contribution in [0.25, 0.3) is 0 Å². The molecule has 4 heteroatoms. The molecule has 80 valence electrons. The average molecular weight is 239 g/mol. The molecule has 0 atom stereocenters. The number of amides is 1. The maximum Gasteiger partial charge on any atom is 0.237 e. The number of thioether (sulfide) groups is 1. The molecule has 1 aromatic rings. The van der Waals surface area contributed by atoms with Gasteiger partial charge in [0.1, 0.15) is 0 Å². The minimum Gasteiger partial charge on any atom is -0.314 e. The Labute approximate surface area is 99.4 Å². The molecule has 15 heavy (non-hydrogen) atoms. The minimum absolute atomic E-state index is 0.175. The molecule has 0 radical (unpaired) electrons. The number of carbonyl (C=O) groups is 1. The number of carbonyl (C=O) groups excluding carboxylic acids is 1. The van der Waals surface area contributed by atoms with Gasteiger partial charge in [-0.1, -0.05) is 6.07 Å². The quantitative estimate of drug-likeness (QED) is 0.799. The highest BCUT2D eigenvalue weighted by atomic mass is 32.2. The van der Waals surface area contributed by atoms with E-state index in [1.165, 1.54) is 10.5 Å². The van der Waals surface area contributed by atoms with Crippen LogP contribution in [-0.2, 0) is 11.2 Å². The van der Waals surface area contributed by atoms with E-state index in [9.17, 15) is 4.79 Å². The van der Waals surface area contributed by atoms with E-state index in [4.69, 9.17) is 0 Å². The van der Waals surface area contributed by atoms with Crippen molar-refractivity contribution in [3.05, 3.63) is 23.8 Å². The smallest absolute Gasteiger partial charge is 0.237 e. The van der Waals surface area contributed by atoms with Gasteiger partial charge in [-0.15, -0.1) is 11.8 Å². The number of nitrogens with zero attached hydrogens (tertiary/aromatic N) is 1. The monoisotopic (exact) mass is 239 g/mol. The summed E-state index contributed by atoms with van der Waals surface area (Å²) in [6.07, 6.45) is 0.981. The lowest BCUT2D eigenvalue weighted by Gasteiger charge is -2.25. The summed E-state index contributed by atoms with van der Waals surface area (Å²) in [6.45, 7) is 0. The minimum atomic E-state index is 0.175. The molecule has 0 saturated heterocycles. The van der Waals surface area contributed by atoms with Crippen molar-refractivity contribution in [3.8, 4) is 0 Å². The van der Waals surface area contributed by atoms with Gasteiger partial charge in [-0.25, -0.2) is 0 Å². The maximum atomic E-state index is 11.5. The second-order valence-corrected chi connectivity index (χ2v) is 4.98. The highest BCUT2D eigenvalue weighted by molar-refractivity contribution is 8.00. The molecule has 0 saturated carbocycles. The van der Waals surface area contributed by atoms with Crippen molar-refractivity contribution in [2.24, 2.45) is 0 Å². The predicted molar refractivity (Wildman–Crippen MR) is 68.1 cm³/mol. The van der Waals surface area contributed by atoms with E-state index < -0.39 is 0 Å². The lowest BCUT2D eigenvalue weighted by molar-refractivity contribution is -0.116. The fraction of sp³-hybridized carbons (Fsp3) is 0.364. The summed E-state index contributed by atoms with van der Waals surface area (Å²) < 4.78 is 0. The first-order valence-corrected chi connectivity index (χ1v) is 6.47. The summed E-state index contributed by atoms with van der Waals surface area (Å²) >= 11 is 5.84. The first-order chi connectivity index (χ1) is 7.22. The van der Waals surface area contributed by atoms with Crippen LogP contribution in [0.5, 0.6) is 0 Å². The van der Waals surface area contributed by atoms with Crippen LogP contribution < -0.4 is 4.90 Å². The van der Waals surface area contributed by atoms with Crippen LogP contribution in [0.2, 0.25) is 0 Å². The molecule has 1 aromatic carbocycles. The number of hydrogen-bond acceptors (Lipinski definition) is 3. The summed E-state index contributed by atoms with van der Waals surface area (Å²) in [4.78, 5) is 14.4. The second kappa shape index (κ2) is 4.49. The van der Waals surface area contributed by atoms with Crippen LogP contribution in [0.3, 0.4) is 0 Å². The number of benzene rings is 1. The van der Waals surface area contributed by atoms with E-state index in [0.717, 1.165) is 17.9 Å². The Balaban J connectivity index is 2.34. The molecule has 0 spiro atoms. The third-order valence-corrected chi connectivity index (χ3v) is 3.76. The lowest BCUT2D eigenvalue weighted by atomic mass is 10.1. The largest absolute Gasteiger partial charge is 0.314 e. The Kier molecular flexibility index (Phi) is 3.26. The molecular formula is C11H13NOS2. The zero-order valence-corrected chi connectivity index (χ0v) is 10.3. The molecule has 0 aromatic heterocycles. The zero-order valence-electron chi connectivity index (χ0n) is 8.56. The zero-order chi connectivity index (χ0) is 10.8. The van der Waals surface area contributed by atoms with Gasteiger partial charge in [-0.05, 0) is 29.9 Å². The first kappa shape index (κ1) is 10.9. The van der Waals surface area contributed by atoms with Crippen molar-refractivity contribution >= 4 is 36.0 Å². The Bertz CT molecular complexity index is 392. The molecule has 2 nitrogen and oxygen atoms in total. The van der Waals surface area contributed by atoms with Gasteiger partial charge in [-0.2, -0.15) is 12.6 Å². The molecule has 1 heterocycles. The fourth-order valence-corrected chi connectivity index (χ4v) is 2.92. The van der Waals surface area contributed by atoms with E-state index in [-0.39, 0.29) is 5.91 Å². The van der Waals surface area contributed by atoms with Gasteiger partial charge in [-0.3, -0.25) is 4.79 Å². The van der Waals surface area contributed by atoms with Crippen molar-refractivity contribution in [1.29, 1.82) is 0 Å². The molecule has 1 aliphatic heterocycles. The Morgan fingerprint density at radius 2 is 2.33 bits per heavy atom. The highest BCUT2D eigenvalue weighted by Crippen LogP contribution is 2.35. The summed E-state index contributed by atoms with van der Waals surface area (Å²) in [5.74, 6) is 1.58. The molecule has 2 rings (SSSR count). The molecule has 0 N–H and O–H groups in total. The van der Waals surface area contributed by atoms with Crippen LogP contribution in [0.4, 0.5) is 5.69 Å². The number of anilines is 1. The van der Waals surface area contributed by atoms with Gasteiger partial charge in [0.05, 0.1) is 11.4 Å². The molecular weight excluding hydrogens is 226 g/mol. The number of thiol groups is 1. The van der Waals surface area contributed by atoms with Gasteiger partial charge < -0.3 is 4.90 Å². The average Bonchev–Trinajstić information content (AvgIpc) is 2.24. The normalized spacial score (nSPS) is 15.3. The first-order valence-electron chi connectivity index (χ1n) is 4.85. The standard InChI is InChI=1S/C11H13NOS2/c1-12-9-3-2-8(4-5-14)6-10(9)15-7-11(12)13/h2-3,6,14H,4-5,7H2,1H3. The summed E-state index contributed by atoms with van der Waals surface area (Å²) in [5, 5.41) is 0. The highest BCUT2D eigenvalue weighted by Gasteiger charge is 2.21. The Hall–Kier alpha value is -0.610. The third kappa shape index (κ3) is 2.16. The third-order valence-electron chi connectivity index (χ3n) is 2.51. The second-order valence-electron chi connectivity index (χ2n) is 3.52. The van der Waals surface area contributed by atoms with E-state index in [1.807, 2.05) is 13.1 Å². The number of rotatable bonds is 2. The fourth-order valence-electron chi connectivity index (χ4n) is 1.61. The molecule has 1 aliphatic rings. The number of fused-ring (bicyclic) bond motifs is 1. The predicted octanol–water partition coefficient (Wildman–Crippen LogP) is 2.23. The molecule has 0 fully saturated rings. The summed E-state index contributed by atoms with van der Waals surface area (Å²) in [5.41, 5.74) is 2.32. The van der Waals surface area contributed by atoms with Gasteiger partial charge >= 0.3 is 0 Å². The van der Waals surface area contributed by atoms with E-state index in [2.05, 4.69) is 24.8 Å². The molecule has 0 unspecified atom stereocenters. The van der Waals surface area contributed by atoms with Gasteiger partial charge in [0, 0.05) is 11.9 Å². The van der Waals surface area contributed by atoms with Crippen LogP contribution in [0.1, 0.15) is 5.56 Å². The van der Waals surface area contributed by atoms with Gasteiger partial charge in [0.25, 0.3) is 0 Å². The SMILES string of the molecule is CN1C(=O)CSc2cc(CCS)ccc21. The van der Waals surface area contributed by atoms with Crippen LogP contribution in [-0.4, -0.2) is 24.5 Å². The van der Waals surface area contributed by atoms with Gasteiger partial charge in [0.15, 0.2) is 0 Å². The summed E-state index contributed by atoms with van der Waals surface area (Å²) in [7, 11) is 1.83. The number of aryl methyl sites for hydroxylation is 1. The van der Waals surface area contributed by atoms with E-state index in [1.54, 1.807) is 16.7 Å². The maximum absolute atomic E-state index is 11.5. The molecule has 0 bridgehead atoms. The van der Waals surface area contributed by atoms with Crippen molar-refractivity contribution in [3.63, 3.8) is 0 Å². The number of hydrogen-bond donors (Lipinski definition) is 1.